The van der Waals surface area contributed by atoms with Crippen molar-refractivity contribution in [3.05, 3.63) is 57.8 Å². The molecule has 0 aliphatic carbocycles. The highest BCUT2D eigenvalue weighted by atomic mass is 79.9. The number of benzene rings is 2. The van der Waals surface area contributed by atoms with Crippen LogP contribution in [-0.4, -0.2) is 18.5 Å². The fourth-order valence-electron chi connectivity index (χ4n) is 1.73. The Morgan fingerprint density at radius 3 is 2.57 bits per heavy atom. The van der Waals surface area contributed by atoms with Gasteiger partial charge in [-0.05, 0) is 45.8 Å². The molecule has 110 valence electrons. The fourth-order valence-corrected chi connectivity index (χ4v) is 2.15. The maximum Gasteiger partial charge on any atom is 0.162 e. The molecule has 21 heavy (non-hydrogen) atoms. The monoisotopic (exact) mass is 353 g/mol. The van der Waals surface area contributed by atoms with Gasteiger partial charge in [-0.2, -0.15) is 0 Å². The number of hydrogen-bond acceptors (Lipinski definition) is 4. The summed E-state index contributed by atoms with van der Waals surface area (Å²) in [5.41, 5.74) is 1.50. The molecular weight excluding hydrogens is 341 g/mol. The Kier molecular flexibility index (Phi) is 5.16. The average molecular weight is 354 g/mol. The molecule has 1 N–H and O–H groups in total. The first-order chi connectivity index (χ1) is 10.1. The minimum Gasteiger partial charge on any atom is -0.493 e. The van der Waals surface area contributed by atoms with Crippen molar-refractivity contribution in [2.24, 2.45) is 5.16 Å². The smallest absolute Gasteiger partial charge is 0.162 e. The van der Waals surface area contributed by atoms with Crippen LogP contribution in [0, 0.1) is 5.82 Å². The predicted octanol–water partition coefficient (Wildman–Crippen LogP) is 3.98. The number of methoxy groups -OCH3 is 1. The predicted molar refractivity (Wildman–Crippen MR) is 80.8 cm³/mol. The number of oxime groups is 1. The molecule has 0 spiro atoms. The topological polar surface area (TPSA) is 51.0 Å². The standard InChI is InChI=1S/C15H13BrFNO3/c1-20-14-6-11(8-18-19)13(16)7-15(14)21-9-10-2-4-12(17)5-3-10/h2-8,19H,9H2,1H3/b18-8-. The van der Waals surface area contributed by atoms with E-state index in [9.17, 15) is 4.39 Å². The minimum absolute atomic E-state index is 0.285. The van der Waals surface area contributed by atoms with Gasteiger partial charge in [0.05, 0.1) is 13.3 Å². The van der Waals surface area contributed by atoms with Crippen LogP contribution >= 0.6 is 15.9 Å². The molecular formula is C15H13BrFNO3. The average Bonchev–Trinajstić information content (AvgIpc) is 2.49. The number of halogens is 2. The first-order valence-corrected chi connectivity index (χ1v) is 6.85. The van der Waals surface area contributed by atoms with Crippen molar-refractivity contribution in [1.29, 1.82) is 0 Å². The van der Waals surface area contributed by atoms with Crippen LogP contribution in [0.1, 0.15) is 11.1 Å². The minimum atomic E-state index is -0.285. The Balaban J connectivity index is 2.19. The van der Waals surface area contributed by atoms with Crippen molar-refractivity contribution >= 4 is 22.1 Å². The molecule has 0 unspecified atom stereocenters. The lowest BCUT2D eigenvalue weighted by Crippen LogP contribution is -1.99. The Hall–Kier alpha value is -2.08. The van der Waals surface area contributed by atoms with E-state index in [4.69, 9.17) is 14.7 Å². The highest BCUT2D eigenvalue weighted by Crippen LogP contribution is 2.33. The van der Waals surface area contributed by atoms with Crippen molar-refractivity contribution < 1.29 is 19.1 Å². The van der Waals surface area contributed by atoms with Crippen molar-refractivity contribution in [2.45, 2.75) is 6.61 Å². The molecule has 0 amide bonds. The van der Waals surface area contributed by atoms with Crippen molar-refractivity contribution in [1.82, 2.24) is 0 Å². The van der Waals surface area contributed by atoms with Crippen LogP contribution < -0.4 is 9.47 Å². The molecule has 0 heterocycles. The molecule has 2 aromatic rings. The molecule has 0 saturated carbocycles. The molecule has 4 nitrogen and oxygen atoms in total. The van der Waals surface area contributed by atoms with Gasteiger partial charge in [-0.15, -0.1) is 0 Å². The van der Waals surface area contributed by atoms with E-state index in [1.54, 1.807) is 24.3 Å². The second kappa shape index (κ2) is 7.08. The van der Waals surface area contributed by atoms with Gasteiger partial charge in [-0.1, -0.05) is 17.3 Å². The number of rotatable bonds is 5. The van der Waals surface area contributed by atoms with Gasteiger partial charge in [0.1, 0.15) is 12.4 Å². The summed E-state index contributed by atoms with van der Waals surface area (Å²) < 4.78 is 24.5. The highest BCUT2D eigenvalue weighted by molar-refractivity contribution is 9.10. The lowest BCUT2D eigenvalue weighted by Gasteiger charge is -2.12. The Bertz CT molecular complexity index is 644. The van der Waals surface area contributed by atoms with Crippen LogP contribution in [0.5, 0.6) is 11.5 Å². The van der Waals surface area contributed by atoms with E-state index >= 15 is 0 Å². The molecule has 2 aromatic carbocycles. The largest absolute Gasteiger partial charge is 0.493 e. The van der Waals surface area contributed by atoms with Gasteiger partial charge in [0, 0.05) is 10.0 Å². The number of hydrogen-bond donors (Lipinski definition) is 1. The maximum absolute atomic E-state index is 12.8. The zero-order valence-electron chi connectivity index (χ0n) is 11.2. The van der Waals surface area contributed by atoms with Crippen molar-refractivity contribution in [3.8, 4) is 11.5 Å². The Labute approximate surface area is 129 Å². The summed E-state index contributed by atoms with van der Waals surface area (Å²) in [7, 11) is 1.52. The quantitative estimate of drug-likeness (QED) is 0.502. The molecule has 0 atom stereocenters. The SMILES string of the molecule is COc1cc(/C=N\O)c(Br)cc1OCc1ccc(F)cc1. The van der Waals surface area contributed by atoms with E-state index in [1.807, 2.05) is 0 Å². The molecule has 0 fully saturated rings. The second-order valence-electron chi connectivity index (χ2n) is 4.18. The summed E-state index contributed by atoms with van der Waals surface area (Å²) in [5, 5.41) is 11.6. The normalized spacial score (nSPS) is 10.8. The third-order valence-electron chi connectivity index (χ3n) is 2.79. The van der Waals surface area contributed by atoms with E-state index in [2.05, 4.69) is 21.1 Å². The van der Waals surface area contributed by atoms with Crippen LogP contribution in [0.4, 0.5) is 4.39 Å². The fraction of sp³-hybridized carbons (Fsp3) is 0.133. The molecule has 0 bridgehead atoms. The first-order valence-electron chi connectivity index (χ1n) is 6.06. The zero-order chi connectivity index (χ0) is 15.2. The van der Waals surface area contributed by atoms with Crippen molar-refractivity contribution in [2.75, 3.05) is 7.11 Å². The van der Waals surface area contributed by atoms with E-state index in [-0.39, 0.29) is 12.4 Å². The van der Waals surface area contributed by atoms with Gasteiger partial charge in [-0.3, -0.25) is 0 Å². The molecule has 0 aliphatic heterocycles. The number of nitrogens with zero attached hydrogens (tertiary/aromatic N) is 1. The van der Waals surface area contributed by atoms with Crippen LogP contribution in [0.25, 0.3) is 0 Å². The molecule has 0 saturated heterocycles. The van der Waals surface area contributed by atoms with E-state index in [1.165, 1.54) is 25.5 Å². The Morgan fingerprint density at radius 2 is 1.95 bits per heavy atom. The van der Waals surface area contributed by atoms with Crippen LogP contribution in [0.2, 0.25) is 0 Å². The summed E-state index contributed by atoms with van der Waals surface area (Å²) in [6.45, 7) is 0.288. The molecule has 0 aliphatic rings. The zero-order valence-corrected chi connectivity index (χ0v) is 12.8. The summed E-state index contributed by atoms with van der Waals surface area (Å²) >= 11 is 3.36. The third kappa shape index (κ3) is 3.95. The summed E-state index contributed by atoms with van der Waals surface area (Å²) in [6, 6.07) is 9.48. The maximum atomic E-state index is 12.8. The molecule has 6 heteroatoms. The summed E-state index contributed by atoms with van der Waals surface area (Å²) in [4.78, 5) is 0. The van der Waals surface area contributed by atoms with E-state index in [0.29, 0.717) is 21.5 Å². The lowest BCUT2D eigenvalue weighted by atomic mass is 10.2. The van der Waals surface area contributed by atoms with Crippen LogP contribution in [0.3, 0.4) is 0 Å². The molecule has 2 rings (SSSR count). The Morgan fingerprint density at radius 1 is 1.24 bits per heavy atom. The second-order valence-corrected chi connectivity index (χ2v) is 5.04. The first kappa shape index (κ1) is 15.3. The summed E-state index contributed by atoms with van der Waals surface area (Å²) in [6.07, 6.45) is 1.29. The van der Waals surface area contributed by atoms with E-state index < -0.39 is 0 Å². The number of ether oxygens (including phenoxy) is 2. The van der Waals surface area contributed by atoms with Gasteiger partial charge >= 0.3 is 0 Å². The van der Waals surface area contributed by atoms with Gasteiger partial charge in [0.25, 0.3) is 0 Å². The van der Waals surface area contributed by atoms with Gasteiger partial charge < -0.3 is 14.7 Å². The van der Waals surface area contributed by atoms with E-state index in [0.717, 1.165) is 5.56 Å². The van der Waals surface area contributed by atoms with Gasteiger partial charge in [0.15, 0.2) is 11.5 Å². The van der Waals surface area contributed by atoms with Crippen LogP contribution in [-0.2, 0) is 6.61 Å². The third-order valence-corrected chi connectivity index (χ3v) is 3.47. The lowest BCUT2D eigenvalue weighted by molar-refractivity contribution is 0.284. The summed E-state index contributed by atoms with van der Waals surface area (Å²) in [5.74, 6) is 0.755. The van der Waals surface area contributed by atoms with Gasteiger partial charge in [0.2, 0.25) is 0 Å². The van der Waals surface area contributed by atoms with Crippen molar-refractivity contribution in [3.63, 3.8) is 0 Å². The van der Waals surface area contributed by atoms with Gasteiger partial charge in [-0.25, -0.2) is 4.39 Å². The highest BCUT2D eigenvalue weighted by Gasteiger charge is 2.10. The molecule has 0 radical (unpaired) electrons. The molecule has 0 aromatic heterocycles. The van der Waals surface area contributed by atoms with Crippen LogP contribution in [0.15, 0.2) is 46.0 Å².